The third-order valence-electron chi connectivity index (χ3n) is 4.84. The molecule has 3 amide bonds. The maximum atomic E-state index is 12.9. The van der Waals surface area contributed by atoms with Crippen LogP contribution in [0.4, 0.5) is 0 Å². The first kappa shape index (κ1) is 29.6. The lowest BCUT2D eigenvalue weighted by Gasteiger charge is -2.27. The number of amides is 3. The Morgan fingerprint density at radius 2 is 1.58 bits per heavy atom. The van der Waals surface area contributed by atoms with Gasteiger partial charge in [0.1, 0.15) is 18.1 Å². The molecule has 33 heavy (non-hydrogen) atoms. The van der Waals surface area contributed by atoms with E-state index in [0.29, 0.717) is 12.8 Å². The molecule has 14 nitrogen and oxygen atoms in total. The molecule has 0 spiro atoms. The van der Waals surface area contributed by atoms with Crippen LogP contribution in [0, 0.1) is 5.92 Å². The van der Waals surface area contributed by atoms with Crippen LogP contribution in [-0.2, 0) is 24.0 Å². The summed E-state index contributed by atoms with van der Waals surface area (Å²) in [5.74, 6) is -5.14. The lowest BCUT2D eigenvalue weighted by Crippen LogP contribution is -2.58. The molecule has 0 aliphatic rings. The molecular formula is C19H35N7O7. The molecule has 0 rings (SSSR count). The fourth-order valence-corrected chi connectivity index (χ4v) is 2.77. The maximum absolute atomic E-state index is 12.9. The molecule has 11 N–H and O–H groups in total. The zero-order valence-corrected chi connectivity index (χ0v) is 18.9. The van der Waals surface area contributed by atoms with Crippen molar-refractivity contribution in [3.63, 3.8) is 0 Å². The Balaban J connectivity index is 5.44. The molecule has 0 bridgehead atoms. The quantitative estimate of drug-likeness (QED) is 0.0661. The van der Waals surface area contributed by atoms with E-state index in [2.05, 4.69) is 20.9 Å². The van der Waals surface area contributed by atoms with Gasteiger partial charge in [0.05, 0.1) is 6.54 Å². The minimum absolute atomic E-state index is 0.119. The molecule has 0 aromatic carbocycles. The first-order valence-corrected chi connectivity index (χ1v) is 10.5. The Morgan fingerprint density at radius 1 is 0.939 bits per heavy atom. The molecule has 0 aromatic heterocycles. The van der Waals surface area contributed by atoms with E-state index in [-0.39, 0.29) is 31.9 Å². The molecule has 4 atom stereocenters. The summed E-state index contributed by atoms with van der Waals surface area (Å²) in [6, 6.07) is -3.59. The lowest BCUT2D eigenvalue weighted by atomic mass is 9.97. The van der Waals surface area contributed by atoms with Gasteiger partial charge < -0.3 is 43.4 Å². The van der Waals surface area contributed by atoms with E-state index in [9.17, 15) is 29.1 Å². The highest BCUT2D eigenvalue weighted by atomic mass is 16.4. The molecule has 188 valence electrons. The van der Waals surface area contributed by atoms with Crippen molar-refractivity contribution in [1.82, 2.24) is 16.0 Å². The Kier molecular flexibility index (Phi) is 13.8. The van der Waals surface area contributed by atoms with Crippen molar-refractivity contribution in [2.24, 2.45) is 28.1 Å². The van der Waals surface area contributed by atoms with Gasteiger partial charge in [0.25, 0.3) is 0 Å². The molecule has 14 heteroatoms. The third kappa shape index (κ3) is 12.3. The lowest BCUT2D eigenvalue weighted by molar-refractivity contribution is -0.143. The van der Waals surface area contributed by atoms with Gasteiger partial charge in [0, 0.05) is 13.0 Å². The number of carboxylic acid groups (broad SMARTS) is 2. The van der Waals surface area contributed by atoms with Crippen LogP contribution in [0.5, 0.6) is 0 Å². The van der Waals surface area contributed by atoms with Crippen molar-refractivity contribution >= 4 is 35.6 Å². The summed E-state index contributed by atoms with van der Waals surface area (Å²) < 4.78 is 0. The molecule has 0 heterocycles. The van der Waals surface area contributed by atoms with E-state index in [0.717, 1.165) is 0 Å². The molecule has 0 fully saturated rings. The summed E-state index contributed by atoms with van der Waals surface area (Å²) in [7, 11) is 0. The standard InChI is InChI=1S/C19H35N7O7/c1-3-10(2)15(17(31)25-12(18(32)33)6-7-14(28)29)26-16(30)11(24-13(27)9-20)5-4-8-23-19(21)22/h10-12,15H,3-9,20H2,1-2H3,(H,24,27)(H,25,31)(H,26,30)(H,28,29)(H,32,33)(H4,21,22,23). The Hall–Kier alpha value is -3.42. The van der Waals surface area contributed by atoms with Crippen molar-refractivity contribution < 1.29 is 34.2 Å². The largest absolute Gasteiger partial charge is 0.481 e. The Bertz CT molecular complexity index is 725. The third-order valence-corrected chi connectivity index (χ3v) is 4.84. The number of aliphatic imine (C=N–C) groups is 1. The second kappa shape index (κ2) is 15.4. The number of rotatable bonds is 16. The second-order valence-electron chi connectivity index (χ2n) is 7.48. The number of carbonyl (C=O) groups is 5. The number of aliphatic carboxylic acids is 2. The van der Waals surface area contributed by atoms with Gasteiger partial charge in [0.2, 0.25) is 17.7 Å². The maximum Gasteiger partial charge on any atom is 0.326 e. The molecule has 0 aromatic rings. The summed E-state index contributed by atoms with van der Waals surface area (Å²) in [6.07, 6.45) is 0.185. The van der Waals surface area contributed by atoms with Crippen LogP contribution >= 0.6 is 0 Å². The van der Waals surface area contributed by atoms with Crippen molar-refractivity contribution in [2.45, 2.75) is 64.1 Å². The van der Waals surface area contributed by atoms with Crippen molar-refractivity contribution in [2.75, 3.05) is 13.1 Å². The highest BCUT2D eigenvalue weighted by molar-refractivity contribution is 5.93. The minimum atomic E-state index is -1.44. The number of nitrogens with zero attached hydrogens (tertiary/aromatic N) is 1. The Labute approximate surface area is 191 Å². The number of hydrogen-bond acceptors (Lipinski definition) is 7. The van der Waals surface area contributed by atoms with E-state index >= 15 is 0 Å². The Morgan fingerprint density at radius 3 is 2.06 bits per heavy atom. The molecule has 0 aliphatic carbocycles. The first-order valence-electron chi connectivity index (χ1n) is 10.5. The zero-order chi connectivity index (χ0) is 25.6. The fraction of sp³-hybridized carbons (Fsp3) is 0.684. The normalized spacial score (nSPS) is 14.2. The molecule has 4 unspecified atom stereocenters. The van der Waals surface area contributed by atoms with Crippen LogP contribution in [0.1, 0.15) is 46.0 Å². The highest BCUT2D eigenvalue weighted by Crippen LogP contribution is 2.11. The average Bonchev–Trinajstić information content (AvgIpc) is 2.75. The van der Waals surface area contributed by atoms with E-state index in [4.69, 9.17) is 22.3 Å². The van der Waals surface area contributed by atoms with E-state index in [1.165, 1.54) is 0 Å². The molecule has 0 saturated carbocycles. The minimum Gasteiger partial charge on any atom is -0.481 e. The van der Waals surface area contributed by atoms with Gasteiger partial charge >= 0.3 is 11.9 Å². The van der Waals surface area contributed by atoms with Crippen LogP contribution in [-0.4, -0.2) is 77.0 Å². The van der Waals surface area contributed by atoms with Crippen molar-refractivity contribution in [3.8, 4) is 0 Å². The summed E-state index contributed by atoms with van der Waals surface area (Å²) in [4.78, 5) is 63.4. The first-order chi connectivity index (χ1) is 15.4. The van der Waals surface area contributed by atoms with Crippen molar-refractivity contribution in [3.05, 3.63) is 0 Å². The molecule has 0 aliphatic heterocycles. The van der Waals surface area contributed by atoms with Crippen LogP contribution in [0.25, 0.3) is 0 Å². The smallest absolute Gasteiger partial charge is 0.326 e. The number of nitrogens with two attached hydrogens (primary N) is 3. The average molecular weight is 474 g/mol. The monoisotopic (exact) mass is 473 g/mol. The summed E-state index contributed by atoms with van der Waals surface area (Å²) in [5, 5.41) is 25.4. The topological polar surface area (TPSA) is 252 Å². The van der Waals surface area contributed by atoms with Crippen LogP contribution in [0.3, 0.4) is 0 Å². The highest BCUT2D eigenvalue weighted by Gasteiger charge is 2.32. The second-order valence-corrected chi connectivity index (χ2v) is 7.48. The van der Waals surface area contributed by atoms with Gasteiger partial charge in [-0.05, 0) is 25.2 Å². The predicted molar refractivity (Wildman–Crippen MR) is 119 cm³/mol. The molecular weight excluding hydrogens is 438 g/mol. The van der Waals surface area contributed by atoms with Crippen LogP contribution in [0.15, 0.2) is 4.99 Å². The number of guanidine groups is 1. The van der Waals surface area contributed by atoms with E-state index in [1.54, 1.807) is 13.8 Å². The number of nitrogens with one attached hydrogen (secondary N) is 3. The van der Waals surface area contributed by atoms with E-state index in [1.807, 2.05) is 0 Å². The SMILES string of the molecule is CCC(C)C(NC(=O)C(CCCN=C(N)N)NC(=O)CN)C(=O)NC(CCC(=O)O)C(=O)O. The van der Waals surface area contributed by atoms with Gasteiger partial charge in [-0.2, -0.15) is 0 Å². The van der Waals surface area contributed by atoms with Crippen LogP contribution < -0.4 is 33.2 Å². The summed E-state index contributed by atoms with van der Waals surface area (Å²) in [6.45, 7) is 3.32. The number of carbonyl (C=O) groups excluding carboxylic acids is 3. The van der Waals surface area contributed by atoms with Crippen molar-refractivity contribution in [1.29, 1.82) is 0 Å². The van der Waals surface area contributed by atoms with E-state index < -0.39 is 60.1 Å². The number of hydrogen-bond donors (Lipinski definition) is 8. The van der Waals surface area contributed by atoms with Crippen LogP contribution in [0.2, 0.25) is 0 Å². The van der Waals surface area contributed by atoms with Gasteiger partial charge in [-0.1, -0.05) is 20.3 Å². The van der Waals surface area contributed by atoms with Gasteiger partial charge in [-0.25, -0.2) is 4.79 Å². The van der Waals surface area contributed by atoms with Gasteiger partial charge in [-0.3, -0.25) is 24.2 Å². The van der Waals surface area contributed by atoms with Gasteiger partial charge in [-0.15, -0.1) is 0 Å². The summed E-state index contributed by atoms with van der Waals surface area (Å²) in [5.41, 5.74) is 15.8. The fourth-order valence-electron chi connectivity index (χ4n) is 2.77. The summed E-state index contributed by atoms with van der Waals surface area (Å²) >= 11 is 0. The van der Waals surface area contributed by atoms with Gasteiger partial charge in [0.15, 0.2) is 5.96 Å². The zero-order valence-electron chi connectivity index (χ0n) is 18.9. The number of carboxylic acids is 2. The molecule has 0 saturated heterocycles. The molecule has 0 radical (unpaired) electrons. The predicted octanol–water partition coefficient (Wildman–Crippen LogP) is -2.55.